The minimum Gasteiger partial charge on any atom is -0.486 e. The molecule has 0 N–H and O–H groups in total. The number of imidazole rings is 1. The van der Waals surface area contributed by atoms with Gasteiger partial charge in [0.2, 0.25) is 5.71 Å². The number of para-hydroxylation sites is 2. The number of hydrogen-bond donors (Lipinski definition) is 0. The van der Waals surface area contributed by atoms with Gasteiger partial charge in [-0.05, 0) is 121 Å². The van der Waals surface area contributed by atoms with Gasteiger partial charge in [0.25, 0.3) is 0 Å². The van der Waals surface area contributed by atoms with Crippen molar-refractivity contribution in [1.29, 1.82) is 0 Å². The van der Waals surface area contributed by atoms with Crippen LogP contribution in [-0.2, 0) is 26.5 Å². The van der Waals surface area contributed by atoms with Gasteiger partial charge in [0, 0.05) is 59.5 Å². The summed E-state index contributed by atoms with van der Waals surface area (Å²) >= 11 is 0. The topological polar surface area (TPSA) is 56.7 Å². The molecule has 0 amide bonds. The maximum Gasteiger partial charge on any atom is 0.216 e. The summed E-state index contributed by atoms with van der Waals surface area (Å²) in [5, 5.41) is 1.58. The Morgan fingerprint density at radius 2 is 1.67 bits per heavy atom. The molecule has 0 spiro atoms. The van der Waals surface area contributed by atoms with Crippen LogP contribution in [-0.4, -0.2) is 19.5 Å². The van der Waals surface area contributed by atoms with E-state index < -0.39 is 32.8 Å². The average Bonchev–Trinajstić information content (AvgIpc) is 3.90. The standard InChI is InChI=1S/C39H42N3O.C16H18N.Ir/c1-23(2)31-21-27(26-17-19-39(6,7)20-18-26)22-32(24(3)4)35(31)42-34-14-9-8-13-33(34)41-37(42)30-12-10-11-28-29-16-15-25(5)40-38(29)43-36(28)30;1-4-5-15-11-17-16(10-13(15)3)14-8-6-12(2)7-9-14;/h8-11,13-16,21-24,26H,17-20H2,1-7H3;6-8,10-11H,4-5H2,1-3H3;/q2*-1;/i5D3,26D;2D3,3D3,5D2;. The molecule has 0 bridgehead atoms. The molecule has 4 aromatic carbocycles. The summed E-state index contributed by atoms with van der Waals surface area (Å²) in [6.07, 6.45) is 3.36. The first-order chi connectivity index (χ1) is 33.5. The summed E-state index contributed by atoms with van der Waals surface area (Å²) in [6.45, 7) is 8.12. The first kappa shape index (κ1) is 31.0. The Morgan fingerprint density at radius 1 is 0.902 bits per heavy atom. The molecule has 1 aliphatic rings. The Morgan fingerprint density at radius 3 is 2.34 bits per heavy atom. The molecule has 0 saturated heterocycles. The smallest absolute Gasteiger partial charge is 0.216 e. The number of nitrogens with zero attached hydrogens (tertiary/aromatic N) is 4. The van der Waals surface area contributed by atoms with Crippen molar-refractivity contribution in [1.82, 2.24) is 19.5 Å². The van der Waals surface area contributed by atoms with E-state index in [-0.39, 0.29) is 71.9 Å². The zero-order valence-corrected chi connectivity index (χ0v) is 38.3. The fourth-order valence-corrected chi connectivity index (χ4v) is 8.27. The van der Waals surface area contributed by atoms with Crippen molar-refractivity contribution in [3.05, 3.63) is 142 Å². The van der Waals surface area contributed by atoms with Crippen molar-refractivity contribution in [3.8, 4) is 28.3 Å². The van der Waals surface area contributed by atoms with Gasteiger partial charge < -0.3 is 14.0 Å². The van der Waals surface area contributed by atoms with E-state index in [2.05, 4.69) is 86.4 Å². The molecule has 9 rings (SSSR count). The molecule has 61 heavy (non-hydrogen) atoms. The van der Waals surface area contributed by atoms with Gasteiger partial charge in [-0.3, -0.25) is 4.98 Å². The summed E-state index contributed by atoms with van der Waals surface area (Å²) in [6, 6.07) is 31.7. The van der Waals surface area contributed by atoms with Crippen LogP contribution in [0.3, 0.4) is 0 Å². The van der Waals surface area contributed by atoms with E-state index in [1.165, 1.54) is 41.6 Å². The van der Waals surface area contributed by atoms with Crippen LogP contribution in [0.4, 0.5) is 0 Å². The summed E-state index contributed by atoms with van der Waals surface area (Å²) in [4.78, 5) is 13.8. The number of pyridine rings is 2. The van der Waals surface area contributed by atoms with E-state index in [1.807, 2.05) is 30.3 Å². The van der Waals surface area contributed by atoms with Gasteiger partial charge in [-0.25, -0.2) is 4.98 Å². The molecular formula is C55H60IrN4O-2. The molecule has 4 aromatic heterocycles. The predicted octanol–water partition coefficient (Wildman–Crippen LogP) is 15.1. The van der Waals surface area contributed by atoms with Gasteiger partial charge in [0.15, 0.2) is 0 Å². The Balaban J connectivity index is 0.000000255. The molecule has 0 atom stereocenters. The van der Waals surface area contributed by atoms with E-state index in [4.69, 9.17) is 24.5 Å². The van der Waals surface area contributed by atoms with Crippen LogP contribution in [0.5, 0.6) is 0 Å². The Labute approximate surface area is 393 Å². The van der Waals surface area contributed by atoms with Crippen LogP contribution in [0.1, 0.15) is 154 Å². The van der Waals surface area contributed by atoms with E-state index >= 15 is 0 Å². The summed E-state index contributed by atoms with van der Waals surface area (Å²) in [7, 11) is 0. The molecule has 4 heterocycles. The molecule has 8 aromatic rings. The summed E-state index contributed by atoms with van der Waals surface area (Å²) in [5.74, 6) is 0.459. The third-order valence-corrected chi connectivity index (χ3v) is 11.7. The SMILES string of the molecule is [2H]C([2H])([2H])c1c[c-]c(-c2cc(C([2H])([2H])[2H])c(C([2H])([2H])CC)cn2)cc1.[2H]C([2H])([2H])c1ccc2c(n1)oc1c(-c3nc4ccccc4n3-c3c(C(C)C)cc(C4([2H])CCC(C)(C)CC4)cc3C(C)C)[c-]ccc12.[Ir]. The van der Waals surface area contributed by atoms with Crippen molar-refractivity contribution in [2.24, 2.45) is 5.41 Å². The van der Waals surface area contributed by atoms with Crippen LogP contribution >= 0.6 is 0 Å². The predicted molar refractivity (Wildman–Crippen MR) is 250 cm³/mol. The second-order valence-electron chi connectivity index (χ2n) is 17.2. The number of benzene rings is 4. The Hall–Kier alpha value is -4.90. The average molecular weight is 997 g/mol. The second-order valence-corrected chi connectivity index (χ2v) is 17.2. The van der Waals surface area contributed by atoms with Crippen LogP contribution < -0.4 is 0 Å². The van der Waals surface area contributed by atoms with E-state index in [0.29, 0.717) is 28.2 Å². The number of furan rings is 1. The van der Waals surface area contributed by atoms with Gasteiger partial charge in [0.1, 0.15) is 0 Å². The Bertz CT molecular complexity index is 3250. The van der Waals surface area contributed by atoms with Gasteiger partial charge in [-0.2, -0.15) is 0 Å². The summed E-state index contributed by atoms with van der Waals surface area (Å²) in [5.41, 5.74) is 9.03. The third kappa shape index (κ3) is 9.04. The first-order valence-electron chi connectivity index (χ1n) is 27.0. The monoisotopic (exact) mass is 998 g/mol. The zero-order chi connectivity index (χ0) is 52.5. The van der Waals surface area contributed by atoms with Crippen molar-refractivity contribution in [2.75, 3.05) is 0 Å². The molecule has 0 aliphatic heterocycles. The minimum absolute atomic E-state index is 0. The number of fused-ring (bicyclic) bond motifs is 4. The normalized spacial score (nSPS) is 18.4. The molecule has 0 unspecified atom stereocenters. The van der Waals surface area contributed by atoms with E-state index in [9.17, 15) is 1.37 Å². The quantitative estimate of drug-likeness (QED) is 0.142. The molecular weight excluding hydrogens is 925 g/mol. The van der Waals surface area contributed by atoms with Crippen molar-refractivity contribution >= 4 is 33.1 Å². The summed E-state index contributed by atoms with van der Waals surface area (Å²) < 4.78 is 103. The number of aromatic nitrogens is 4. The van der Waals surface area contributed by atoms with Crippen molar-refractivity contribution < 1.29 is 41.0 Å². The van der Waals surface area contributed by atoms with Gasteiger partial charge in [0.05, 0.1) is 22.4 Å². The third-order valence-electron chi connectivity index (χ3n) is 11.7. The molecule has 1 fully saturated rings. The molecule has 6 heteroatoms. The maximum atomic E-state index is 9.69. The largest absolute Gasteiger partial charge is 0.486 e. The van der Waals surface area contributed by atoms with E-state index in [0.717, 1.165) is 58.7 Å². The van der Waals surface area contributed by atoms with Crippen LogP contribution in [0.15, 0.2) is 95.5 Å². The number of hydrogen-bond acceptors (Lipinski definition) is 4. The fraction of sp³-hybridized carbons (Fsp3) is 0.364. The number of rotatable bonds is 8. The molecule has 1 radical (unpaired) electrons. The van der Waals surface area contributed by atoms with Crippen LogP contribution in [0.25, 0.3) is 61.4 Å². The van der Waals surface area contributed by atoms with Gasteiger partial charge in [-0.1, -0.05) is 109 Å². The van der Waals surface area contributed by atoms with Crippen LogP contribution in [0.2, 0.25) is 0 Å². The van der Waals surface area contributed by atoms with Crippen molar-refractivity contribution in [2.45, 2.75) is 125 Å². The molecule has 317 valence electrons. The Kier molecular flexibility index (Phi) is 9.26. The van der Waals surface area contributed by atoms with Gasteiger partial charge in [-0.15, -0.1) is 53.6 Å². The van der Waals surface area contributed by atoms with Gasteiger partial charge >= 0.3 is 0 Å². The zero-order valence-electron chi connectivity index (χ0n) is 47.9. The second kappa shape index (κ2) is 18.2. The first-order valence-corrected chi connectivity index (χ1v) is 21.0. The fourth-order valence-electron chi connectivity index (χ4n) is 8.27. The number of aryl methyl sites for hydroxylation is 4. The molecule has 1 aliphatic carbocycles. The van der Waals surface area contributed by atoms with Crippen molar-refractivity contribution in [3.63, 3.8) is 0 Å². The van der Waals surface area contributed by atoms with E-state index in [1.54, 1.807) is 19.1 Å². The van der Waals surface area contributed by atoms with Crippen LogP contribution in [0, 0.1) is 38.1 Å². The minimum atomic E-state index is -2.49. The molecule has 1 saturated carbocycles. The molecule has 5 nitrogen and oxygen atoms in total. The maximum absolute atomic E-state index is 9.69.